The topological polar surface area (TPSA) is 61.6 Å². The first-order valence-corrected chi connectivity index (χ1v) is 5.92. The van der Waals surface area contributed by atoms with Gasteiger partial charge in [0.2, 0.25) is 5.79 Å². The first-order valence-electron chi connectivity index (χ1n) is 4.84. The molecule has 1 aromatic carbocycles. The maximum absolute atomic E-state index is 10.9. The highest BCUT2D eigenvalue weighted by molar-refractivity contribution is 14.1. The Morgan fingerprint density at radius 1 is 1.50 bits per heavy atom. The molecule has 0 aliphatic heterocycles. The summed E-state index contributed by atoms with van der Waals surface area (Å²) in [6.07, 6.45) is -0.352. The molecule has 0 radical (unpaired) electrons. The average molecular weight is 335 g/mol. The molecule has 0 spiro atoms. The molecule has 5 heteroatoms. The number of methoxy groups -OCH3 is 1. The van der Waals surface area contributed by atoms with Gasteiger partial charge in [-0.2, -0.15) is 0 Å². The zero-order valence-corrected chi connectivity index (χ0v) is 11.4. The third kappa shape index (κ3) is 2.65. The van der Waals surface area contributed by atoms with Gasteiger partial charge in [-0.25, -0.2) is 4.79 Å². The Hall–Kier alpha value is -0.820. The number of amides is 1. The van der Waals surface area contributed by atoms with E-state index < -0.39 is 11.9 Å². The summed E-state index contributed by atoms with van der Waals surface area (Å²) in [7, 11) is 1.50. The van der Waals surface area contributed by atoms with Gasteiger partial charge in [-0.3, -0.25) is 0 Å². The van der Waals surface area contributed by atoms with Crippen LogP contribution >= 0.6 is 22.6 Å². The minimum Gasteiger partial charge on any atom is -0.413 e. The van der Waals surface area contributed by atoms with Crippen LogP contribution in [0.1, 0.15) is 18.9 Å². The first kappa shape index (κ1) is 13.2. The molecule has 88 valence electrons. The summed E-state index contributed by atoms with van der Waals surface area (Å²) in [6, 6.07) is 7.55. The van der Waals surface area contributed by atoms with E-state index in [0.29, 0.717) is 6.42 Å². The van der Waals surface area contributed by atoms with Crippen molar-refractivity contribution in [2.75, 3.05) is 7.11 Å². The highest BCUT2D eigenvalue weighted by atomic mass is 127. The number of primary amides is 1. The molecule has 1 aromatic rings. The average Bonchev–Trinajstić information content (AvgIpc) is 2.26. The van der Waals surface area contributed by atoms with Gasteiger partial charge >= 0.3 is 6.09 Å². The molecule has 2 N–H and O–H groups in total. The molecule has 0 aliphatic carbocycles. The van der Waals surface area contributed by atoms with E-state index in [1.807, 2.05) is 31.2 Å². The smallest absolute Gasteiger partial charge is 0.407 e. The molecule has 1 atom stereocenters. The van der Waals surface area contributed by atoms with Crippen molar-refractivity contribution in [1.82, 2.24) is 0 Å². The number of rotatable bonds is 4. The number of benzene rings is 1. The molecule has 0 heterocycles. The number of carbonyl (C=O) groups excluding carboxylic acids is 1. The van der Waals surface area contributed by atoms with E-state index in [1.165, 1.54) is 7.11 Å². The predicted octanol–water partition coefficient (Wildman–Crippen LogP) is 2.60. The molecular weight excluding hydrogens is 321 g/mol. The van der Waals surface area contributed by atoms with Crippen LogP contribution in [0.25, 0.3) is 0 Å². The van der Waals surface area contributed by atoms with Gasteiger partial charge in [-0.15, -0.1) is 0 Å². The molecule has 1 rings (SSSR count). The van der Waals surface area contributed by atoms with Crippen LogP contribution in [-0.2, 0) is 15.3 Å². The third-order valence-electron chi connectivity index (χ3n) is 2.34. The number of hydrogen-bond acceptors (Lipinski definition) is 3. The van der Waals surface area contributed by atoms with Crippen LogP contribution in [0.2, 0.25) is 0 Å². The fourth-order valence-electron chi connectivity index (χ4n) is 1.55. The minimum absolute atomic E-state index is 0.493. The van der Waals surface area contributed by atoms with Crippen LogP contribution in [0.5, 0.6) is 0 Å². The molecule has 0 bridgehead atoms. The third-order valence-corrected chi connectivity index (χ3v) is 3.29. The second-order valence-electron chi connectivity index (χ2n) is 3.21. The fourth-order valence-corrected chi connectivity index (χ4v) is 2.34. The van der Waals surface area contributed by atoms with Crippen molar-refractivity contribution in [1.29, 1.82) is 0 Å². The lowest BCUT2D eigenvalue weighted by Gasteiger charge is -2.31. The molecule has 0 aliphatic rings. The number of halogens is 1. The quantitative estimate of drug-likeness (QED) is 0.680. The van der Waals surface area contributed by atoms with Crippen molar-refractivity contribution in [2.45, 2.75) is 19.1 Å². The van der Waals surface area contributed by atoms with Gasteiger partial charge in [-0.1, -0.05) is 25.1 Å². The van der Waals surface area contributed by atoms with Crippen LogP contribution in [-0.4, -0.2) is 13.2 Å². The second-order valence-corrected chi connectivity index (χ2v) is 4.37. The minimum atomic E-state index is -1.09. The molecule has 0 fully saturated rings. The first-order chi connectivity index (χ1) is 7.55. The van der Waals surface area contributed by atoms with Crippen LogP contribution in [0.15, 0.2) is 24.3 Å². The Labute approximate surface area is 108 Å². The Morgan fingerprint density at radius 3 is 2.56 bits per heavy atom. The van der Waals surface area contributed by atoms with Gasteiger partial charge in [0.25, 0.3) is 0 Å². The number of hydrogen-bond donors (Lipinski definition) is 1. The maximum Gasteiger partial charge on any atom is 0.407 e. The molecule has 0 saturated carbocycles. The van der Waals surface area contributed by atoms with Crippen molar-refractivity contribution in [3.05, 3.63) is 33.4 Å². The summed E-state index contributed by atoms with van der Waals surface area (Å²) in [5.74, 6) is -1.09. The van der Waals surface area contributed by atoms with E-state index in [2.05, 4.69) is 22.6 Å². The van der Waals surface area contributed by atoms with E-state index in [0.717, 1.165) is 9.13 Å². The zero-order valence-electron chi connectivity index (χ0n) is 9.20. The lowest BCUT2D eigenvalue weighted by atomic mass is 10.0. The molecule has 0 unspecified atom stereocenters. The van der Waals surface area contributed by atoms with Crippen molar-refractivity contribution in [2.24, 2.45) is 5.73 Å². The molecule has 1 amide bonds. The molecule has 4 nitrogen and oxygen atoms in total. The summed E-state index contributed by atoms with van der Waals surface area (Å²) in [4.78, 5) is 10.9. The van der Waals surface area contributed by atoms with Crippen LogP contribution in [0.3, 0.4) is 0 Å². The standard InChI is InChI=1S/C11H14INO3/c1-3-11(15-2,16-10(13)14)8-6-4-5-7-9(8)12/h4-7H,3H2,1-2H3,(H2,13,14)/t11-/m0/s1. The van der Waals surface area contributed by atoms with Crippen molar-refractivity contribution < 1.29 is 14.3 Å². The Morgan fingerprint density at radius 2 is 2.12 bits per heavy atom. The van der Waals surface area contributed by atoms with Gasteiger partial charge in [0.1, 0.15) is 0 Å². The summed E-state index contributed by atoms with van der Waals surface area (Å²) in [6.45, 7) is 1.87. The van der Waals surface area contributed by atoms with Crippen molar-refractivity contribution in [3.8, 4) is 0 Å². The maximum atomic E-state index is 10.9. The summed E-state index contributed by atoms with van der Waals surface area (Å²) in [5, 5.41) is 0. The molecule has 0 aromatic heterocycles. The second kappa shape index (κ2) is 5.49. The van der Waals surface area contributed by atoms with Gasteiger partial charge in [-0.05, 0) is 28.7 Å². The number of nitrogens with two attached hydrogens (primary N) is 1. The zero-order chi connectivity index (χ0) is 12.2. The van der Waals surface area contributed by atoms with Crippen molar-refractivity contribution in [3.63, 3.8) is 0 Å². The Balaban J connectivity index is 3.20. The van der Waals surface area contributed by atoms with E-state index in [1.54, 1.807) is 0 Å². The molecular formula is C11H14INO3. The highest BCUT2D eigenvalue weighted by Crippen LogP contribution is 2.33. The van der Waals surface area contributed by atoms with Gasteiger partial charge in [0.05, 0.1) is 0 Å². The fraction of sp³-hybridized carbons (Fsp3) is 0.364. The summed E-state index contributed by atoms with van der Waals surface area (Å²) >= 11 is 2.17. The van der Waals surface area contributed by atoms with Crippen LogP contribution in [0, 0.1) is 3.57 Å². The van der Waals surface area contributed by atoms with E-state index in [4.69, 9.17) is 15.2 Å². The normalized spacial score (nSPS) is 14.2. The van der Waals surface area contributed by atoms with Crippen molar-refractivity contribution >= 4 is 28.7 Å². The Kier molecular flexibility index (Phi) is 4.55. The summed E-state index contributed by atoms with van der Waals surface area (Å²) in [5.41, 5.74) is 5.88. The number of carbonyl (C=O) groups is 1. The van der Waals surface area contributed by atoms with Crippen LogP contribution in [0.4, 0.5) is 4.79 Å². The van der Waals surface area contributed by atoms with Gasteiger partial charge in [0, 0.05) is 22.7 Å². The lowest BCUT2D eigenvalue weighted by Crippen LogP contribution is -2.36. The van der Waals surface area contributed by atoms with Gasteiger partial charge < -0.3 is 15.2 Å². The predicted molar refractivity (Wildman–Crippen MR) is 68.8 cm³/mol. The van der Waals surface area contributed by atoms with Crippen LogP contribution < -0.4 is 5.73 Å². The Bertz CT molecular complexity index is 377. The molecule has 0 saturated heterocycles. The monoisotopic (exact) mass is 335 g/mol. The highest BCUT2D eigenvalue weighted by Gasteiger charge is 2.35. The van der Waals surface area contributed by atoms with E-state index >= 15 is 0 Å². The van der Waals surface area contributed by atoms with E-state index in [-0.39, 0.29) is 0 Å². The van der Waals surface area contributed by atoms with E-state index in [9.17, 15) is 4.79 Å². The summed E-state index contributed by atoms with van der Waals surface area (Å²) < 4.78 is 11.4. The lowest BCUT2D eigenvalue weighted by molar-refractivity contribution is -0.194. The number of ether oxygens (including phenoxy) is 2. The van der Waals surface area contributed by atoms with Gasteiger partial charge in [0.15, 0.2) is 0 Å². The molecule has 16 heavy (non-hydrogen) atoms. The largest absolute Gasteiger partial charge is 0.413 e. The SMILES string of the molecule is CC[C@](OC)(OC(N)=O)c1ccccc1I.